The predicted molar refractivity (Wildman–Crippen MR) is 71.5 cm³/mol. The lowest BCUT2D eigenvalue weighted by molar-refractivity contribution is -0.119. The van der Waals surface area contributed by atoms with Crippen molar-refractivity contribution in [3.05, 3.63) is 24.3 Å². The Hall–Kier alpha value is -1.51. The van der Waals surface area contributed by atoms with Crippen LogP contribution in [0, 0.1) is 5.92 Å². The molecule has 1 heterocycles. The maximum absolute atomic E-state index is 12.2. The van der Waals surface area contributed by atoms with Crippen LogP contribution in [0.15, 0.2) is 24.3 Å². The van der Waals surface area contributed by atoms with E-state index in [0.29, 0.717) is 12.3 Å². The number of hydrogen-bond donors (Lipinski definition) is 0. The molecule has 92 valence electrons. The molecule has 0 saturated heterocycles. The molecule has 0 unspecified atom stereocenters. The van der Waals surface area contributed by atoms with E-state index in [4.69, 9.17) is 0 Å². The SMILES string of the molecule is CC(C)CC(=O)N1CCN(C)c2ccccc21. The van der Waals surface area contributed by atoms with Gasteiger partial charge in [-0.3, -0.25) is 4.79 Å². The molecule has 0 spiro atoms. The highest BCUT2D eigenvalue weighted by Crippen LogP contribution is 2.32. The smallest absolute Gasteiger partial charge is 0.227 e. The monoisotopic (exact) mass is 232 g/mol. The number of anilines is 2. The van der Waals surface area contributed by atoms with Crippen molar-refractivity contribution in [3.63, 3.8) is 0 Å². The molecular formula is C14H20N2O. The number of amides is 1. The molecular weight excluding hydrogens is 212 g/mol. The molecule has 3 nitrogen and oxygen atoms in total. The van der Waals surface area contributed by atoms with Crippen LogP contribution in [0.3, 0.4) is 0 Å². The second kappa shape index (κ2) is 4.78. The maximum atomic E-state index is 12.2. The second-order valence-corrected chi connectivity index (χ2v) is 5.05. The molecule has 1 amide bonds. The highest BCUT2D eigenvalue weighted by Gasteiger charge is 2.24. The van der Waals surface area contributed by atoms with Crippen LogP contribution >= 0.6 is 0 Å². The molecule has 1 aromatic rings. The van der Waals surface area contributed by atoms with E-state index in [1.54, 1.807) is 0 Å². The van der Waals surface area contributed by atoms with Crippen molar-refractivity contribution in [3.8, 4) is 0 Å². The number of para-hydroxylation sites is 2. The van der Waals surface area contributed by atoms with Crippen LogP contribution < -0.4 is 9.80 Å². The van der Waals surface area contributed by atoms with E-state index in [2.05, 4.69) is 31.9 Å². The highest BCUT2D eigenvalue weighted by molar-refractivity contribution is 5.97. The number of fused-ring (bicyclic) bond motifs is 1. The summed E-state index contributed by atoms with van der Waals surface area (Å²) in [6.07, 6.45) is 0.623. The Bertz CT molecular complexity index is 414. The summed E-state index contributed by atoms with van der Waals surface area (Å²) < 4.78 is 0. The lowest BCUT2D eigenvalue weighted by Crippen LogP contribution is -2.42. The Balaban J connectivity index is 2.27. The fraction of sp³-hybridized carbons (Fsp3) is 0.500. The van der Waals surface area contributed by atoms with Crippen molar-refractivity contribution in [2.75, 3.05) is 29.9 Å². The lowest BCUT2D eigenvalue weighted by atomic mass is 10.1. The van der Waals surface area contributed by atoms with Gasteiger partial charge in [-0.2, -0.15) is 0 Å². The van der Waals surface area contributed by atoms with Gasteiger partial charge < -0.3 is 9.80 Å². The maximum Gasteiger partial charge on any atom is 0.227 e. The lowest BCUT2D eigenvalue weighted by Gasteiger charge is -2.36. The van der Waals surface area contributed by atoms with E-state index in [0.717, 1.165) is 24.5 Å². The van der Waals surface area contributed by atoms with Gasteiger partial charge in [0.2, 0.25) is 5.91 Å². The largest absolute Gasteiger partial charge is 0.371 e. The number of carbonyl (C=O) groups is 1. The third kappa shape index (κ3) is 2.43. The van der Waals surface area contributed by atoms with Gasteiger partial charge in [0.25, 0.3) is 0 Å². The summed E-state index contributed by atoms with van der Waals surface area (Å²) in [5.74, 6) is 0.648. The number of carbonyl (C=O) groups excluding carboxylic acids is 1. The first kappa shape index (κ1) is 12.0. The van der Waals surface area contributed by atoms with Gasteiger partial charge in [-0.25, -0.2) is 0 Å². The fourth-order valence-corrected chi connectivity index (χ4v) is 2.22. The molecule has 1 aliphatic rings. The second-order valence-electron chi connectivity index (χ2n) is 5.05. The van der Waals surface area contributed by atoms with Crippen molar-refractivity contribution in [2.45, 2.75) is 20.3 Å². The zero-order valence-electron chi connectivity index (χ0n) is 10.8. The van der Waals surface area contributed by atoms with E-state index in [-0.39, 0.29) is 5.91 Å². The van der Waals surface area contributed by atoms with Gasteiger partial charge in [0.05, 0.1) is 11.4 Å². The number of rotatable bonds is 2. The molecule has 1 aliphatic heterocycles. The normalized spacial score (nSPS) is 15.1. The summed E-state index contributed by atoms with van der Waals surface area (Å²) in [7, 11) is 2.07. The third-order valence-electron chi connectivity index (χ3n) is 3.13. The van der Waals surface area contributed by atoms with Crippen LogP contribution in [-0.4, -0.2) is 26.0 Å². The fourth-order valence-electron chi connectivity index (χ4n) is 2.22. The average Bonchev–Trinajstić information content (AvgIpc) is 2.29. The molecule has 0 saturated carbocycles. The first-order valence-corrected chi connectivity index (χ1v) is 6.20. The molecule has 1 aromatic carbocycles. The van der Waals surface area contributed by atoms with Crippen molar-refractivity contribution >= 4 is 17.3 Å². The predicted octanol–water partition coefficient (Wildman–Crippen LogP) is 2.52. The minimum atomic E-state index is 0.237. The average molecular weight is 232 g/mol. The summed E-state index contributed by atoms with van der Waals surface area (Å²) in [4.78, 5) is 16.3. The van der Waals surface area contributed by atoms with Gasteiger partial charge in [0, 0.05) is 26.6 Å². The zero-order chi connectivity index (χ0) is 12.4. The Morgan fingerprint density at radius 2 is 1.88 bits per heavy atom. The Labute approximate surface area is 103 Å². The standard InChI is InChI=1S/C14H20N2O/c1-11(2)10-14(17)16-9-8-15(3)12-6-4-5-7-13(12)16/h4-7,11H,8-10H2,1-3H3. The molecule has 0 fully saturated rings. The van der Waals surface area contributed by atoms with Crippen LogP contribution in [0.1, 0.15) is 20.3 Å². The van der Waals surface area contributed by atoms with Crippen LogP contribution in [0.2, 0.25) is 0 Å². The third-order valence-corrected chi connectivity index (χ3v) is 3.13. The highest BCUT2D eigenvalue weighted by atomic mass is 16.2. The molecule has 0 atom stereocenters. The number of benzene rings is 1. The van der Waals surface area contributed by atoms with Crippen LogP contribution in [0.25, 0.3) is 0 Å². The van der Waals surface area contributed by atoms with Crippen LogP contribution in [-0.2, 0) is 4.79 Å². The first-order valence-electron chi connectivity index (χ1n) is 6.20. The van der Waals surface area contributed by atoms with E-state index < -0.39 is 0 Å². The van der Waals surface area contributed by atoms with Crippen LogP contribution in [0.5, 0.6) is 0 Å². The molecule has 17 heavy (non-hydrogen) atoms. The van der Waals surface area contributed by atoms with Crippen molar-refractivity contribution < 1.29 is 4.79 Å². The molecule has 2 rings (SSSR count). The summed E-state index contributed by atoms with van der Waals surface area (Å²) >= 11 is 0. The Morgan fingerprint density at radius 1 is 1.24 bits per heavy atom. The quantitative estimate of drug-likeness (QED) is 0.782. The van der Waals surface area contributed by atoms with Gasteiger partial charge in [0.15, 0.2) is 0 Å². The zero-order valence-corrected chi connectivity index (χ0v) is 10.8. The Kier molecular flexibility index (Phi) is 3.36. The van der Waals surface area contributed by atoms with Crippen molar-refractivity contribution in [1.82, 2.24) is 0 Å². The van der Waals surface area contributed by atoms with Gasteiger partial charge in [-0.1, -0.05) is 26.0 Å². The van der Waals surface area contributed by atoms with Gasteiger partial charge in [0.1, 0.15) is 0 Å². The van der Waals surface area contributed by atoms with E-state index in [1.165, 1.54) is 0 Å². The molecule has 0 N–H and O–H groups in total. The van der Waals surface area contributed by atoms with Crippen LogP contribution in [0.4, 0.5) is 11.4 Å². The van der Waals surface area contributed by atoms with Crippen molar-refractivity contribution in [1.29, 1.82) is 0 Å². The van der Waals surface area contributed by atoms with E-state index in [9.17, 15) is 4.79 Å². The topological polar surface area (TPSA) is 23.6 Å². The summed E-state index contributed by atoms with van der Waals surface area (Å²) in [6, 6.07) is 8.12. The van der Waals surface area contributed by atoms with Gasteiger partial charge in [-0.15, -0.1) is 0 Å². The van der Waals surface area contributed by atoms with Crippen molar-refractivity contribution in [2.24, 2.45) is 5.92 Å². The Morgan fingerprint density at radius 3 is 2.53 bits per heavy atom. The van der Waals surface area contributed by atoms with E-state index >= 15 is 0 Å². The summed E-state index contributed by atoms with van der Waals surface area (Å²) in [5, 5.41) is 0. The van der Waals surface area contributed by atoms with Gasteiger partial charge in [-0.05, 0) is 18.1 Å². The summed E-state index contributed by atoms with van der Waals surface area (Å²) in [5.41, 5.74) is 2.20. The number of likely N-dealkylation sites (N-methyl/N-ethyl adjacent to an activating group) is 1. The van der Waals surface area contributed by atoms with E-state index in [1.807, 2.05) is 23.1 Å². The minimum Gasteiger partial charge on any atom is -0.371 e. The minimum absolute atomic E-state index is 0.237. The molecule has 0 radical (unpaired) electrons. The summed E-state index contributed by atoms with van der Waals surface area (Å²) in [6.45, 7) is 5.86. The number of nitrogens with zero attached hydrogens (tertiary/aromatic N) is 2. The molecule has 0 aliphatic carbocycles. The van der Waals surface area contributed by atoms with Gasteiger partial charge >= 0.3 is 0 Å². The molecule has 0 aromatic heterocycles. The first-order chi connectivity index (χ1) is 8.09. The number of hydrogen-bond acceptors (Lipinski definition) is 2. The molecule has 3 heteroatoms. The molecule has 0 bridgehead atoms.